The summed E-state index contributed by atoms with van der Waals surface area (Å²) in [7, 11) is 0. The van der Waals surface area contributed by atoms with Gasteiger partial charge in [-0.3, -0.25) is 10.1 Å². The minimum Gasteiger partial charge on any atom is -0.312 e. The van der Waals surface area contributed by atoms with Crippen LogP contribution in [0.3, 0.4) is 0 Å². The van der Waals surface area contributed by atoms with Crippen LogP contribution in [0.2, 0.25) is 0 Å². The summed E-state index contributed by atoms with van der Waals surface area (Å²) < 4.78 is 0. The third-order valence-corrected chi connectivity index (χ3v) is 2.90. The van der Waals surface area contributed by atoms with Crippen LogP contribution in [0, 0.1) is 16.0 Å². The van der Waals surface area contributed by atoms with Gasteiger partial charge in [-0.05, 0) is 12.5 Å². The fourth-order valence-electron chi connectivity index (χ4n) is 1.86. The predicted molar refractivity (Wildman–Crippen MR) is 80.7 cm³/mol. The van der Waals surface area contributed by atoms with Crippen molar-refractivity contribution in [1.82, 2.24) is 15.3 Å². The average molecular weight is 286 g/mol. The van der Waals surface area contributed by atoms with Gasteiger partial charge in [0.15, 0.2) is 5.82 Å². The molecule has 0 saturated carbocycles. The van der Waals surface area contributed by atoms with Gasteiger partial charge < -0.3 is 5.32 Å². The average Bonchev–Trinajstić information content (AvgIpc) is 2.48. The van der Waals surface area contributed by atoms with Gasteiger partial charge in [0, 0.05) is 42.2 Å². The first-order valence-electron chi connectivity index (χ1n) is 6.82. The van der Waals surface area contributed by atoms with Crippen LogP contribution >= 0.6 is 0 Å². The van der Waals surface area contributed by atoms with E-state index in [1.165, 1.54) is 12.1 Å². The monoisotopic (exact) mass is 286 g/mol. The maximum atomic E-state index is 10.8. The van der Waals surface area contributed by atoms with Gasteiger partial charge in [0.1, 0.15) is 0 Å². The Morgan fingerprint density at radius 2 is 2.00 bits per heavy atom. The molecule has 6 heteroatoms. The highest BCUT2D eigenvalue weighted by Gasteiger charge is 2.08. The summed E-state index contributed by atoms with van der Waals surface area (Å²) in [6, 6.07) is 6.33. The summed E-state index contributed by atoms with van der Waals surface area (Å²) >= 11 is 0. The van der Waals surface area contributed by atoms with Crippen molar-refractivity contribution >= 4 is 5.69 Å². The molecule has 1 aromatic heterocycles. The number of nitrogens with zero attached hydrogens (tertiary/aromatic N) is 3. The second-order valence-electron chi connectivity index (χ2n) is 5.25. The van der Waals surface area contributed by atoms with Crippen molar-refractivity contribution in [2.24, 2.45) is 5.92 Å². The number of aromatic nitrogens is 2. The largest absolute Gasteiger partial charge is 0.312 e. The molecule has 0 amide bonds. The summed E-state index contributed by atoms with van der Waals surface area (Å²) in [5.41, 5.74) is 1.68. The van der Waals surface area contributed by atoms with Gasteiger partial charge in [0.25, 0.3) is 5.69 Å². The van der Waals surface area contributed by atoms with Crippen LogP contribution < -0.4 is 5.32 Å². The summed E-state index contributed by atoms with van der Waals surface area (Å²) in [6.07, 6.45) is 3.49. The molecule has 0 saturated heterocycles. The van der Waals surface area contributed by atoms with Crippen LogP contribution in [-0.4, -0.2) is 21.4 Å². The van der Waals surface area contributed by atoms with E-state index in [-0.39, 0.29) is 5.69 Å². The molecule has 0 aliphatic heterocycles. The molecule has 1 N–H and O–H groups in total. The van der Waals surface area contributed by atoms with Gasteiger partial charge in [-0.2, -0.15) is 0 Å². The standard InChI is InChI=1S/C15H18N4O2/c1-11(2)7-16-8-12-9-17-15(18-10-12)13-4-3-5-14(6-13)19(20)21/h3-6,9-11,16H,7-8H2,1-2H3. The number of rotatable bonds is 6. The van der Waals surface area contributed by atoms with Crippen LogP contribution in [0.15, 0.2) is 36.7 Å². The second kappa shape index (κ2) is 6.90. The van der Waals surface area contributed by atoms with Gasteiger partial charge >= 0.3 is 0 Å². The van der Waals surface area contributed by atoms with Crippen molar-refractivity contribution in [2.45, 2.75) is 20.4 Å². The molecule has 1 heterocycles. The summed E-state index contributed by atoms with van der Waals surface area (Å²) in [6.45, 7) is 5.95. The van der Waals surface area contributed by atoms with E-state index in [4.69, 9.17) is 0 Å². The van der Waals surface area contributed by atoms with Gasteiger partial charge in [-0.15, -0.1) is 0 Å². The molecule has 0 fully saturated rings. The highest BCUT2D eigenvalue weighted by molar-refractivity contribution is 5.58. The molecule has 0 aliphatic carbocycles. The van der Waals surface area contributed by atoms with Gasteiger partial charge in [0.05, 0.1) is 4.92 Å². The van der Waals surface area contributed by atoms with Crippen molar-refractivity contribution in [1.29, 1.82) is 0 Å². The highest BCUT2D eigenvalue weighted by Crippen LogP contribution is 2.20. The first-order valence-corrected chi connectivity index (χ1v) is 6.82. The van der Waals surface area contributed by atoms with E-state index in [1.807, 2.05) is 0 Å². The number of nitrogens with one attached hydrogen (secondary N) is 1. The number of nitro groups is 1. The zero-order valence-corrected chi connectivity index (χ0v) is 12.1. The zero-order valence-electron chi connectivity index (χ0n) is 12.1. The highest BCUT2D eigenvalue weighted by atomic mass is 16.6. The van der Waals surface area contributed by atoms with Crippen molar-refractivity contribution in [3.63, 3.8) is 0 Å². The van der Waals surface area contributed by atoms with Crippen molar-refractivity contribution in [2.75, 3.05) is 6.54 Å². The van der Waals surface area contributed by atoms with Crippen LogP contribution in [0.4, 0.5) is 5.69 Å². The van der Waals surface area contributed by atoms with Crippen LogP contribution in [0.5, 0.6) is 0 Å². The number of hydrogen-bond acceptors (Lipinski definition) is 5. The zero-order chi connectivity index (χ0) is 15.2. The maximum Gasteiger partial charge on any atom is 0.270 e. The Kier molecular flexibility index (Phi) is 4.94. The number of nitro benzene ring substituents is 1. The van der Waals surface area contributed by atoms with Crippen molar-refractivity contribution in [3.8, 4) is 11.4 Å². The van der Waals surface area contributed by atoms with Crippen molar-refractivity contribution < 1.29 is 4.92 Å². The molecule has 0 radical (unpaired) electrons. The summed E-state index contributed by atoms with van der Waals surface area (Å²) in [5.74, 6) is 1.08. The Morgan fingerprint density at radius 1 is 1.29 bits per heavy atom. The first kappa shape index (κ1) is 15.1. The number of non-ortho nitro benzene ring substituents is 1. The lowest BCUT2D eigenvalue weighted by molar-refractivity contribution is -0.384. The van der Waals surface area contributed by atoms with Crippen LogP contribution in [0.25, 0.3) is 11.4 Å². The van der Waals surface area contributed by atoms with Gasteiger partial charge in [-0.25, -0.2) is 9.97 Å². The predicted octanol–water partition coefficient (Wildman–Crippen LogP) is 2.80. The van der Waals surface area contributed by atoms with E-state index in [0.29, 0.717) is 23.9 Å². The van der Waals surface area contributed by atoms with E-state index in [2.05, 4.69) is 29.1 Å². The molecule has 0 atom stereocenters. The third kappa shape index (κ3) is 4.32. The summed E-state index contributed by atoms with van der Waals surface area (Å²) in [5, 5.41) is 14.1. The Bertz CT molecular complexity index is 611. The molecule has 21 heavy (non-hydrogen) atoms. The molecule has 0 spiro atoms. The minimum absolute atomic E-state index is 0.0405. The molecule has 110 valence electrons. The minimum atomic E-state index is -0.423. The fraction of sp³-hybridized carbons (Fsp3) is 0.333. The van der Waals surface area contributed by atoms with E-state index in [0.717, 1.165) is 12.1 Å². The lowest BCUT2D eigenvalue weighted by Crippen LogP contribution is -2.19. The number of hydrogen-bond donors (Lipinski definition) is 1. The molecule has 2 aromatic rings. The molecule has 0 unspecified atom stereocenters. The Labute approximate surface area is 123 Å². The molecule has 1 aromatic carbocycles. The SMILES string of the molecule is CC(C)CNCc1cnc(-c2cccc([N+](=O)[O-])c2)nc1. The van der Waals surface area contributed by atoms with Crippen LogP contribution in [0.1, 0.15) is 19.4 Å². The van der Waals surface area contributed by atoms with E-state index in [1.54, 1.807) is 24.5 Å². The van der Waals surface area contributed by atoms with E-state index < -0.39 is 4.92 Å². The Morgan fingerprint density at radius 3 is 2.62 bits per heavy atom. The normalized spacial score (nSPS) is 10.8. The first-order chi connectivity index (χ1) is 10.1. The topological polar surface area (TPSA) is 81.0 Å². The molecular formula is C15H18N4O2. The quantitative estimate of drug-likeness (QED) is 0.652. The molecule has 0 aliphatic rings. The van der Waals surface area contributed by atoms with Gasteiger partial charge in [-0.1, -0.05) is 26.0 Å². The van der Waals surface area contributed by atoms with E-state index in [9.17, 15) is 10.1 Å². The van der Waals surface area contributed by atoms with Gasteiger partial charge in [0.2, 0.25) is 0 Å². The lowest BCUT2D eigenvalue weighted by Gasteiger charge is -2.07. The Balaban J connectivity index is 2.08. The smallest absolute Gasteiger partial charge is 0.270 e. The second-order valence-corrected chi connectivity index (χ2v) is 5.25. The number of benzene rings is 1. The maximum absolute atomic E-state index is 10.8. The van der Waals surface area contributed by atoms with Crippen LogP contribution in [-0.2, 0) is 6.54 Å². The molecule has 6 nitrogen and oxygen atoms in total. The third-order valence-electron chi connectivity index (χ3n) is 2.90. The van der Waals surface area contributed by atoms with Crippen molar-refractivity contribution in [3.05, 3.63) is 52.3 Å². The lowest BCUT2D eigenvalue weighted by atomic mass is 10.2. The Hall–Kier alpha value is -2.34. The fourth-order valence-corrected chi connectivity index (χ4v) is 1.86. The van der Waals surface area contributed by atoms with E-state index >= 15 is 0 Å². The molecular weight excluding hydrogens is 268 g/mol. The molecule has 2 rings (SSSR count). The summed E-state index contributed by atoms with van der Waals surface area (Å²) in [4.78, 5) is 18.9. The molecule has 0 bridgehead atoms.